The molecule has 1 aliphatic rings. The van der Waals surface area contributed by atoms with E-state index < -0.39 is 28.5 Å². The van der Waals surface area contributed by atoms with Crippen LogP contribution in [-0.4, -0.2) is 43.8 Å². The predicted molar refractivity (Wildman–Crippen MR) is 158 cm³/mol. The Morgan fingerprint density at radius 1 is 0.925 bits per heavy atom. The number of rotatable bonds is 11. The Morgan fingerprint density at radius 3 is 2.25 bits per heavy atom. The second-order valence-corrected chi connectivity index (χ2v) is 12.4. The molecule has 1 fully saturated rings. The van der Waals surface area contributed by atoms with E-state index in [0.29, 0.717) is 12.1 Å². The summed E-state index contributed by atoms with van der Waals surface area (Å²) in [5, 5.41) is 3.15. The fourth-order valence-electron chi connectivity index (χ4n) is 5.29. The van der Waals surface area contributed by atoms with E-state index in [0.717, 1.165) is 46.7 Å². The number of benzene rings is 3. The van der Waals surface area contributed by atoms with Gasteiger partial charge in [-0.2, -0.15) is 0 Å². The first-order chi connectivity index (χ1) is 19.2. The Labute approximate surface area is 238 Å². The first-order valence-electron chi connectivity index (χ1n) is 14.0. The Balaban J connectivity index is 1.71. The van der Waals surface area contributed by atoms with Crippen LogP contribution in [0.2, 0.25) is 0 Å². The molecule has 212 valence electrons. The number of amides is 2. The number of nitrogens with zero attached hydrogens (tertiary/aromatic N) is 2. The van der Waals surface area contributed by atoms with Crippen molar-refractivity contribution in [1.82, 2.24) is 10.2 Å². The topological polar surface area (TPSA) is 86.8 Å². The third kappa shape index (κ3) is 6.91. The fourth-order valence-corrected chi connectivity index (χ4v) is 6.72. The van der Waals surface area contributed by atoms with Crippen LogP contribution in [-0.2, 0) is 26.2 Å². The van der Waals surface area contributed by atoms with E-state index in [1.54, 1.807) is 41.3 Å². The summed E-state index contributed by atoms with van der Waals surface area (Å²) in [6.45, 7) is 5.50. The van der Waals surface area contributed by atoms with Crippen LogP contribution < -0.4 is 9.62 Å². The third-order valence-electron chi connectivity index (χ3n) is 7.59. The lowest BCUT2D eigenvalue weighted by Crippen LogP contribution is -2.53. The average molecular weight is 562 g/mol. The van der Waals surface area contributed by atoms with Crippen LogP contribution in [0.1, 0.15) is 55.7 Å². The molecule has 1 N–H and O–H groups in total. The smallest absolute Gasteiger partial charge is 0.264 e. The number of hydrogen-bond donors (Lipinski definition) is 1. The maximum absolute atomic E-state index is 14.2. The van der Waals surface area contributed by atoms with Gasteiger partial charge in [0, 0.05) is 12.6 Å². The number of anilines is 1. The van der Waals surface area contributed by atoms with Gasteiger partial charge >= 0.3 is 0 Å². The molecule has 1 aliphatic carbocycles. The lowest BCUT2D eigenvalue weighted by Gasteiger charge is -2.34. The highest BCUT2D eigenvalue weighted by atomic mass is 32.2. The van der Waals surface area contributed by atoms with Crippen molar-refractivity contribution in [1.29, 1.82) is 0 Å². The summed E-state index contributed by atoms with van der Waals surface area (Å²) in [5.41, 5.74) is 3.18. The molecule has 1 atom stereocenters. The number of carbonyl (C=O) groups excluding carboxylic acids is 2. The molecule has 0 aromatic heterocycles. The SMILES string of the molecule is CCC(C(=O)NC1CCCC1)N(Cc1ccccc1C)C(=O)CN(c1cccc(C)c1)S(=O)(=O)c1ccccc1. The van der Waals surface area contributed by atoms with Crippen molar-refractivity contribution in [2.24, 2.45) is 0 Å². The van der Waals surface area contributed by atoms with E-state index in [-0.39, 0.29) is 23.4 Å². The summed E-state index contributed by atoms with van der Waals surface area (Å²) in [6, 6.07) is 22.3. The maximum Gasteiger partial charge on any atom is 0.264 e. The normalized spacial score (nSPS) is 14.5. The number of nitrogens with one attached hydrogen (secondary N) is 1. The van der Waals surface area contributed by atoms with Crippen LogP contribution in [0.4, 0.5) is 5.69 Å². The van der Waals surface area contributed by atoms with Gasteiger partial charge in [-0.1, -0.05) is 74.4 Å². The van der Waals surface area contributed by atoms with Gasteiger partial charge < -0.3 is 10.2 Å². The summed E-state index contributed by atoms with van der Waals surface area (Å²) < 4.78 is 28.9. The summed E-state index contributed by atoms with van der Waals surface area (Å²) in [7, 11) is -4.07. The van der Waals surface area contributed by atoms with Crippen molar-refractivity contribution in [2.75, 3.05) is 10.8 Å². The quantitative estimate of drug-likeness (QED) is 0.341. The van der Waals surface area contributed by atoms with E-state index in [1.165, 1.54) is 12.1 Å². The molecule has 40 heavy (non-hydrogen) atoms. The lowest BCUT2D eigenvalue weighted by atomic mass is 10.1. The first kappa shape index (κ1) is 29.3. The summed E-state index contributed by atoms with van der Waals surface area (Å²) in [5.74, 6) is -0.623. The minimum Gasteiger partial charge on any atom is -0.352 e. The molecule has 3 aromatic rings. The van der Waals surface area contributed by atoms with Gasteiger partial charge in [-0.3, -0.25) is 13.9 Å². The van der Waals surface area contributed by atoms with Crippen LogP contribution in [0.25, 0.3) is 0 Å². The number of hydrogen-bond acceptors (Lipinski definition) is 4. The summed E-state index contributed by atoms with van der Waals surface area (Å²) in [4.78, 5) is 29.4. The highest BCUT2D eigenvalue weighted by Crippen LogP contribution is 2.26. The van der Waals surface area contributed by atoms with Crippen molar-refractivity contribution in [3.8, 4) is 0 Å². The average Bonchev–Trinajstić information content (AvgIpc) is 3.46. The van der Waals surface area contributed by atoms with E-state index >= 15 is 0 Å². The van der Waals surface area contributed by atoms with Gasteiger partial charge in [0.15, 0.2) is 0 Å². The fraction of sp³-hybridized carbons (Fsp3) is 0.375. The van der Waals surface area contributed by atoms with E-state index in [4.69, 9.17) is 0 Å². The van der Waals surface area contributed by atoms with Crippen molar-refractivity contribution >= 4 is 27.5 Å². The molecule has 0 aliphatic heterocycles. The van der Waals surface area contributed by atoms with Gasteiger partial charge in [-0.15, -0.1) is 0 Å². The Kier molecular flexibility index (Phi) is 9.63. The molecule has 1 saturated carbocycles. The number of sulfonamides is 1. The molecule has 3 aromatic carbocycles. The summed E-state index contributed by atoms with van der Waals surface area (Å²) in [6.07, 6.45) is 4.44. The molecule has 0 spiro atoms. The zero-order valence-corrected chi connectivity index (χ0v) is 24.4. The molecule has 0 bridgehead atoms. The van der Waals surface area contributed by atoms with Crippen LogP contribution in [0.15, 0.2) is 83.8 Å². The van der Waals surface area contributed by atoms with E-state index in [1.807, 2.05) is 51.1 Å². The van der Waals surface area contributed by atoms with Gasteiger partial charge in [0.25, 0.3) is 10.0 Å². The Bertz CT molecular complexity index is 1420. The second-order valence-electron chi connectivity index (χ2n) is 10.5. The minimum atomic E-state index is -4.07. The molecular weight excluding hydrogens is 522 g/mol. The Hall–Kier alpha value is -3.65. The maximum atomic E-state index is 14.2. The zero-order valence-electron chi connectivity index (χ0n) is 23.5. The molecule has 8 heteroatoms. The van der Waals surface area contributed by atoms with Gasteiger partial charge in [0.1, 0.15) is 12.6 Å². The molecule has 7 nitrogen and oxygen atoms in total. The predicted octanol–water partition coefficient (Wildman–Crippen LogP) is 5.36. The highest BCUT2D eigenvalue weighted by molar-refractivity contribution is 7.92. The largest absolute Gasteiger partial charge is 0.352 e. The van der Waals surface area contributed by atoms with Crippen molar-refractivity contribution in [3.05, 3.63) is 95.6 Å². The van der Waals surface area contributed by atoms with Crippen molar-refractivity contribution in [2.45, 2.75) is 76.4 Å². The lowest BCUT2D eigenvalue weighted by molar-refractivity contribution is -0.140. The standard InChI is InChI=1S/C32H39N3O4S/c1-4-30(32(37)33-27-16-10-11-17-27)34(22-26-15-9-8-14-25(26)3)31(36)23-35(28-18-12-13-24(2)21-28)40(38,39)29-19-6-5-7-20-29/h5-9,12-15,18-21,27,30H,4,10-11,16-17,22-23H2,1-3H3,(H,33,37). The van der Waals surface area contributed by atoms with Crippen LogP contribution >= 0.6 is 0 Å². The molecular formula is C32H39N3O4S. The van der Waals surface area contributed by atoms with E-state index in [9.17, 15) is 18.0 Å². The van der Waals surface area contributed by atoms with Gasteiger partial charge in [-0.05, 0) is 74.1 Å². The monoisotopic (exact) mass is 561 g/mol. The van der Waals surface area contributed by atoms with Crippen LogP contribution in [0.5, 0.6) is 0 Å². The molecule has 2 amide bonds. The molecule has 0 saturated heterocycles. The van der Waals surface area contributed by atoms with Crippen molar-refractivity contribution in [3.63, 3.8) is 0 Å². The second kappa shape index (κ2) is 13.1. The number of carbonyl (C=O) groups is 2. The van der Waals surface area contributed by atoms with Crippen LogP contribution in [0.3, 0.4) is 0 Å². The van der Waals surface area contributed by atoms with E-state index in [2.05, 4.69) is 5.32 Å². The minimum absolute atomic E-state index is 0.0979. The van der Waals surface area contributed by atoms with Crippen LogP contribution in [0, 0.1) is 13.8 Å². The van der Waals surface area contributed by atoms with Gasteiger partial charge in [0.05, 0.1) is 10.6 Å². The third-order valence-corrected chi connectivity index (χ3v) is 9.38. The van der Waals surface area contributed by atoms with Gasteiger partial charge in [0.2, 0.25) is 11.8 Å². The number of aryl methyl sites for hydroxylation is 2. The molecule has 4 rings (SSSR count). The first-order valence-corrected chi connectivity index (χ1v) is 15.4. The zero-order chi connectivity index (χ0) is 28.7. The van der Waals surface area contributed by atoms with Gasteiger partial charge in [-0.25, -0.2) is 8.42 Å². The molecule has 1 unspecified atom stereocenters. The molecule has 0 heterocycles. The highest BCUT2D eigenvalue weighted by Gasteiger charge is 2.34. The molecule has 0 radical (unpaired) electrons. The summed E-state index contributed by atoms with van der Waals surface area (Å²) >= 11 is 0. The Morgan fingerprint density at radius 2 is 1.60 bits per heavy atom. The van der Waals surface area contributed by atoms with Crippen molar-refractivity contribution < 1.29 is 18.0 Å².